The van der Waals surface area contributed by atoms with Gasteiger partial charge < -0.3 is 19.7 Å². The van der Waals surface area contributed by atoms with Crippen LogP contribution in [0.1, 0.15) is 13.3 Å². The molecule has 4 nitrogen and oxygen atoms in total. The third-order valence-electron chi connectivity index (χ3n) is 1.51. The van der Waals surface area contributed by atoms with Crippen LogP contribution < -0.4 is 0 Å². The van der Waals surface area contributed by atoms with Crippen LogP contribution in [0.25, 0.3) is 0 Å². The zero-order chi connectivity index (χ0) is 8.85. The van der Waals surface area contributed by atoms with Crippen molar-refractivity contribution in [3.05, 3.63) is 0 Å². The standard InChI is InChI=1S/C7H14O4/c1-5(9)7(10)6(11-2)3-4-8/h4-7,9-10H,3H2,1-2H3/t5-,6-,7+/m0/s1. The Hall–Kier alpha value is -0.450. The summed E-state index contributed by atoms with van der Waals surface area (Å²) in [4.78, 5) is 10.0. The topological polar surface area (TPSA) is 66.8 Å². The Morgan fingerprint density at radius 3 is 2.36 bits per heavy atom. The van der Waals surface area contributed by atoms with Gasteiger partial charge in [0.15, 0.2) is 0 Å². The number of ether oxygens (including phenoxy) is 1. The van der Waals surface area contributed by atoms with Gasteiger partial charge in [0.05, 0.1) is 12.2 Å². The highest BCUT2D eigenvalue weighted by atomic mass is 16.5. The molecule has 0 saturated heterocycles. The maximum Gasteiger partial charge on any atom is 0.122 e. The van der Waals surface area contributed by atoms with E-state index in [9.17, 15) is 9.90 Å². The fourth-order valence-electron chi connectivity index (χ4n) is 0.781. The largest absolute Gasteiger partial charge is 0.391 e. The number of aliphatic hydroxyl groups excluding tert-OH is 2. The van der Waals surface area contributed by atoms with Crippen molar-refractivity contribution in [2.24, 2.45) is 0 Å². The maximum atomic E-state index is 10.0. The lowest BCUT2D eigenvalue weighted by Gasteiger charge is -2.21. The molecule has 3 atom stereocenters. The van der Waals surface area contributed by atoms with E-state index in [1.807, 2.05) is 0 Å². The second-order valence-corrected chi connectivity index (χ2v) is 2.41. The van der Waals surface area contributed by atoms with Crippen LogP contribution in [0.4, 0.5) is 0 Å². The van der Waals surface area contributed by atoms with Crippen LogP contribution in [0.3, 0.4) is 0 Å². The van der Waals surface area contributed by atoms with Gasteiger partial charge in [-0.15, -0.1) is 0 Å². The second-order valence-electron chi connectivity index (χ2n) is 2.41. The van der Waals surface area contributed by atoms with Crippen LogP contribution in [-0.4, -0.2) is 41.9 Å². The predicted octanol–water partition coefficient (Wildman–Crippen LogP) is -0.668. The highest BCUT2D eigenvalue weighted by molar-refractivity contribution is 5.50. The number of aliphatic hydroxyl groups is 2. The number of methoxy groups -OCH3 is 1. The van der Waals surface area contributed by atoms with Gasteiger partial charge in [0.1, 0.15) is 12.4 Å². The zero-order valence-electron chi connectivity index (χ0n) is 6.73. The minimum atomic E-state index is -0.995. The van der Waals surface area contributed by atoms with Crippen molar-refractivity contribution in [1.29, 1.82) is 0 Å². The SMILES string of the molecule is CO[C@@H](CC=O)[C@H](O)[C@H](C)O. The van der Waals surface area contributed by atoms with Crippen molar-refractivity contribution >= 4 is 6.29 Å². The van der Waals surface area contributed by atoms with Crippen LogP contribution in [0.2, 0.25) is 0 Å². The fraction of sp³-hybridized carbons (Fsp3) is 0.857. The first kappa shape index (κ1) is 10.6. The minimum absolute atomic E-state index is 0.0998. The lowest BCUT2D eigenvalue weighted by molar-refractivity contribution is -0.115. The number of carbonyl (C=O) groups excluding carboxylic acids is 1. The Morgan fingerprint density at radius 1 is 1.55 bits per heavy atom. The van der Waals surface area contributed by atoms with E-state index in [0.29, 0.717) is 6.29 Å². The molecule has 0 radical (unpaired) electrons. The molecule has 4 heteroatoms. The molecule has 0 bridgehead atoms. The van der Waals surface area contributed by atoms with Crippen molar-refractivity contribution in [3.63, 3.8) is 0 Å². The van der Waals surface area contributed by atoms with E-state index >= 15 is 0 Å². The first-order chi connectivity index (χ1) is 5.13. The Kier molecular flexibility index (Phi) is 5.02. The molecule has 0 aliphatic heterocycles. The van der Waals surface area contributed by atoms with Gasteiger partial charge >= 0.3 is 0 Å². The molecule has 2 N–H and O–H groups in total. The lowest BCUT2D eigenvalue weighted by Crippen LogP contribution is -2.37. The summed E-state index contributed by atoms with van der Waals surface area (Å²) in [5.41, 5.74) is 0. The molecule has 0 amide bonds. The highest BCUT2D eigenvalue weighted by Crippen LogP contribution is 2.05. The van der Waals surface area contributed by atoms with Gasteiger partial charge in [0.25, 0.3) is 0 Å². The summed E-state index contributed by atoms with van der Waals surface area (Å²) in [6, 6.07) is 0. The van der Waals surface area contributed by atoms with Gasteiger partial charge in [-0.3, -0.25) is 0 Å². The van der Waals surface area contributed by atoms with Crippen LogP contribution >= 0.6 is 0 Å². The molecule has 0 aromatic rings. The van der Waals surface area contributed by atoms with Crippen LogP contribution in [-0.2, 0) is 9.53 Å². The third-order valence-corrected chi connectivity index (χ3v) is 1.51. The molecule has 0 saturated carbocycles. The van der Waals surface area contributed by atoms with Gasteiger partial charge in [0, 0.05) is 13.5 Å². The summed E-state index contributed by atoms with van der Waals surface area (Å²) in [5.74, 6) is 0. The van der Waals surface area contributed by atoms with E-state index in [1.54, 1.807) is 0 Å². The normalized spacial score (nSPS) is 18.9. The molecule has 11 heavy (non-hydrogen) atoms. The van der Waals surface area contributed by atoms with Gasteiger partial charge in [-0.1, -0.05) is 0 Å². The van der Waals surface area contributed by atoms with Crippen LogP contribution in [0.15, 0.2) is 0 Å². The predicted molar refractivity (Wildman–Crippen MR) is 39.2 cm³/mol. The van der Waals surface area contributed by atoms with Crippen LogP contribution in [0.5, 0.6) is 0 Å². The van der Waals surface area contributed by atoms with Crippen molar-refractivity contribution < 1.29 is 19.7 Å². The van der Waals surface area contributed by atoms with E-state index in [0.717, 1.165) is 0 Å². The van der Waals surface area contributed by atoms with E-state index < -0.39 is 18.3 Å². The molecule has 0 heterocycles. The number of hydrogen-bond donors (Lipinski definition) is 2. The van der Waals surface area contributed by atoms with Crippen molar-refractivity contribution in [3.8, 4) is 0 Å². The van der Waals surface area contributed by atoms with Gasteiger partial charge in [-0.2, -0.15) is 0 Å². The van der Waals surface area contributed by atoms with Gasteiger partial charge in [-0.05, 0) is 6.92 Å². The molecule has 0 unspecified atom stereocenters. The second kappa shape index (κ2) is 5.23. The molecule has 0 spiro atoms. The molecular weight excluding hydrogens is 148 g/mol. The fourth-order valence-corrected chi connectivity index (χ4v) is 0.781. The van der Waals surface area contributed by atoms with E-state index in [1.165, 1.54) is 14.0 Å². The summed E-state index contributed by atoms with van der Waals surface area (Å²) in [6.07, 6.45) is -1.72. The monoisotopic (exact) mass is 162 g/mol. The smallest absolute Gasteiger partial charge is 0.122 e. The highest BCUT2D eigenvalue weighted by Gasteiger charge is 2.22. The summed E-state index contributed by atoms with van der Waals surface area (Å²) < 4.78 is 4.77. The van der Waals surface area contributed by atoms with Crippen LogP contribution in [0, 0.1) is 0 Å². The van der Waals surface area contributed by atoms with Crippen molar-refractivity contribution in [2.75, 3.05) is 7.11 Å². The molecule has 0 aromatic carbocycles. The average Bonchev–Trinajstić information content (AvgIpc) is 1.98. The number of hydrogen-bond acceptors (Lipinski definition) is 4. The molecule has 0 aliphatic carbocycles. The maximum absolute atomic E-state index is 10.0. The molecule has 66 valence electrons. The first-order valence-electron chi connectivity index (χ1n) is 3.46. The van der Waals surface area contributed by atoms with E-state index in [4.69, 9.17) is 9.84 Å². The Balaban J connectivity index is 3.90. The Labute approximate surface area is 65.8 Å². The third kappa shape index (κ3) is 3.46. The van der Waals surface area contributed by atoms with Crippen molar-refractivity contribution in [2.45, 2.75) is 31.7 Å². The molecule has 0 aliphatic rings. The minimum Gasteiger partial charge on any atom is -0.391 e. The summed E-state index contributed by atoms with van der Waals surface area (Å²) in [7, 11) is 1.39. The number of aldehydes is 1. The first-order valence-corrected chi connectivity index (χ1v) is 3.46. The Morgan fingerprint density at radius 2 is 2.09 bits per heavy atom. The molecule has 0 fully saturated rings. The number of carbonyl (C=O) groups is 1. The lowest BCUT2D eigenvalue weighted by atomic mass is 10.1. The summed E-state index contributed by atoms with van der Waals surface area (Å²) in [6.45, 7) is 1.45. The quantitative estimate of drug-likeness (QED) is 0.526. The molecule has 0 rings (SSSR count). The Bertz CT molecular complexity index is 113. The summed E-state index contributed by atoms with van der Waals surface area (Å²) in [5, 5.41) is 18.1. The zero-order valence-corrected chi connectivity index (χ0v) is 6.73. The van der Waals surface area contributed by atoms with Gasteiger partial charge in [0.2, 0.25) is 0 Å². The molecular formula is C7H14O4. The molecule has 0 aromatic heterocycles. The summed E-state index contributed by atoms with van der Waals surface area (Å²) >= 11 is 0. The van der Waals surface area contributed by atoms with E-state index in [2.05, 4.69) is 0 Å². The van der Waals surface area contributed by atoms with Crippen molar-refractivity contribution in [1.82, 2.24) is 0 Å². The average molecular weight is 162 g/mol. The van der Waals surface area contributed by atoms with E-state index in [-0.39, 0.29) is 6.42 Å². The van der Waals surface area contributed by atoms with Gasteiger partial charge in [-0.25, -0.2) is 0 Å². The number of rotatable bonds is 5.